The quantitative estimate of drug-likeness (QED) is 0.0309. The molecule has 26 heteroatoms. The van der Waals surface area contributed by atoms with Gasteiger partial charge in [0.05, 0.1) is 68.1 Å². The summed E-state index contributed by atoms with van der Waals surface area (Å²) in [4.78, 5) is 151. The number of rotatable bonds is 24. The van der Waals surface area contributed by atoms with Crippen molar-refractivity contribution in [3.8, 4) is 0 Å². The van der Waals surface area contributed by atoms with Gasteiger partial charge in [-0.25, -0.2) is 14.4 Å². The lowest BCUT2D eigenvalue weighted by atomic mass is 9.92. The van der Waals surface area contributed by atoms with Crippen molar-refractivity contribution in [2.24, 2.45) is 27.1 Å². The summed E-state index contributed by atoms with van der Waals surface area (Å²) in [7, 11) is 0. The molecule has 4 aliphatic heterocycles. The molecule has 0 N–H and O–H groups in total. The highest BCUT2D eigenvalue weighted by Crippen LogP contribution is 2.45. The molecule has 4 heterocycles. The Hall–Kier alpha value is -9.67. The third kappa shape index (κ3) is 20.9. The summed E-state index contributed by atoms with van der Waals surface area (Å²) in [6.45, 7) is 21.5. The van der Waals surface area contributed by atoms with E-state index in [9.17, 15) is 24.0 Å². The first kappa shape index (κ1) is 83.8. The van der Waals surface area contributed by atoms with Crippen LogP contribution in [0.4, 0.5) is 0 Å². The van der Waals surface area contributed by atoms with Gasteiger partial charge in [0.15, 0.2) is 49.2 Å². The maximum atomic E-state index is 15.6. The highest BCUT2D eigenvalue weighted by Gasteiger charge is 2.63. The second-order valence-corrected chi connectivity index (χ2v) is 33.7. The number of benzene rings is 6. The Kier molecular flexibility index (Phi) is 26.7. The summed E-state index contributed by atoms with van der Waals surface area (Å²) in [6, 6.07) is 44.9. The molecule has 15 atom stereocenters. The van der Waals surface area contributed by atoms with Gasteiger partial charge in [-0.3, -0.25) is 38.5 Å². The van der Waals surface area contributed by atoms with Gasteiger partial charge in [0.2, 0.25) is 0 Å². The van der Waals surface area contributed by atoms with E-state index in [0.29, 0.717) is 10.5 Å². The third-order valence-electron chi connectivity index (χ3n) is 18.2. The van der Waals surface area contributed by atoms with Crippen LogP contribution in [0.2, 0.25) is 0 Å². The molecular weight excluding hydrogens is 1450 g/mol. The van der Waals surface area contributed by atoms with Crippen LogP contribution in [0.5, 0.6) is 0 Å². The molecule has 25 nitrogen and oxygen atoms in total. The molecule has 0 bridgehead atoms. The Morgan fingerprint density at radius 1 is 0.351 bits per heavy atom. The van der Waals surface area contributed by atoms with Crippen molar-refractivity contribution >= 4 is 71.3 Å². The number of nitrogens with zero attached hydrogens (tertiary/aromatic N) is 1. The summed E-state index contributed by atoms with van der Waals surface area (Å²) in [6.07, 6.45) is -24.8. The minimum atomic E-state index is -2.20. The molecule has 0 spiro atoms. The molecule has 0 saturated carbocycles. The Morgan fingerprint density at radius 2 is 0.712 bits per heavy atom. The van der Waals surface area contributed by atoms with E-state index in [0.717, 1.165) is 16.7 Å². The lowest BCUT2D eigenvalue weighted by Crippen LogP contribution is -2.71. The number of fused-ring (bicyclic) bond motifs is 1. The van der Waals surface area contributed by atoms with Crippen molar-refractivity contribution in [1.82, 2.24) is 4.90 Å². The van der Waals surface area contributed by atoms with E-state index in [2.05, 4.69) is 0 Å². The zero-order valence-electron chi connectivity index (χ0n) is 64.9. The first-order chi connectivity index (χ1) is 52.4. The molecule has 0 aromatic heterocycles. The van der Waals surface area contributed by atoms with E-state index in [1.165, 1.54) is 102 Å². The number of esters is 8. The summed E-state index contributed by atoms with van der Waals surface area (Å²) >= 11 is 1.09. The predicted octanol–water partition coefficient (Wildman–Crippen LogP) is 12.3. The van der Waals surface area contributed by atoms with Crippen LogP contribution in [-0.4, -0.2) is 175 Å². The summed E-state index contributed by atoms with van der Waals surface area (Å²) < 4.78 is 94.2. The zero-order chi connectivity index (χ0) is 80.5. The van der Waals surface area contributed by atoms with Crippen molar-refractivity contribution in [3.63, 3.8) is 0 Å². The lowest BCUT2D eigenvalue weighted by Gasteiger charge is -2.52. The number of amides is 2. The summed E-state index contributed by atoms with van der Waals surface area (Å²) in [5.74, 6) is -9.20. The van der Waals surface area contributed by atoms with E-state index < -0.39 is 198 Å². The van der Waals surface area contributed by atoms with E-state index in [1.54, 1.807) is 178 Å². The Bertz CT molecular complexity index is 4230. The van der Waals surface area contributed by atoms with Crippen LogP contribution in [0.1, 0.15) is 161 Å². The smallest absolute Gasteiger partial charge is 0.338 e. The van der Waals surface area contributed by atoms with Crippen LogP contribution in [-0.2, 0) is 96.9 Å². The fourth-order valence-electron chi connectivity index (χ4n) is 12.0. The molecule has 3 saturated heterocycles. The monoisotopic (exact) mass is 1550 g/mol. The Morgan fingerprint density at radius 3 is 1.18 bits per heavy atom. The first-order valence-electron chi connectivity index (χ1n) is 36.7. The van der Waals surface area contributed by atoms with Crippen LogP contribution < -0.4 is 0 Å². The molecule has 2 amide bonds. The number of imide groups is 1. The van der Waals surface area contributed by atoms with Crippen molar-refractivity contribution in [2.45, 2.75) is 207 Å². The molecule has 592 valence electrons. The van der Waals surface area contributed by atoms with Gasteiger partial charge in [-0.05, 0) is 170 Å². The van der Waals surface area contributed by atoms with Gasteiger partial charge in [-0.1, -0.05) is 127 Å². The number of hydrogen-bond acceptors (Lipinski definition) is 25. The highest BCUT2D eigenvalue weighted by atomic mass is 32.2. The lowest BCUT2D eigenvalue weighted by molar-refractivity contribution is -0.367. The molecule has 10 rings (SSSR count). The van der Waals surface area contributed by atoms with Gasteiger partial charge in [0, 0.05) is 4.90 Å². The van der Waals surface area contributed by atoms with Gasteiger partial charge in [-0.15, -0.1) is 0 Å². The van der Waals surface area contributed by atoms with Crippen LogP contribution in [0.3, 0.4) is 0 Å². The van der Waals surface area contributed by atoms with Gasteiger partial charge < -0.3 is 66.3 Å². The first-order valence-corrected chi connectivity index (χ1v) is 37.6. The number of carbonyl (C=O) groups excluding carboxylic acids is 10. The molecule has 111 heavy (non-hydrogen) atoms. The standard InChI is InChI=1S/C85H97NO24S/c1-81(2,3)76(92)99-48-58-62(65(108-78(94)83(7,8)9)67(110-80(96)85(13,14)15)75(102-58)111-53-41-29-20-30-42-53)106-74-66(109-79(95)84(10,11)12)64(107-77(93)82(4,5)6)61(57(101-74)47-98-70(89)50-35-23-17-24-36-50)105-73-59(86-68(87)54-43-31-32-44-55(54)69(86)88)63(104-72(91)52-39-27-19-28-40-52)60(103-71(90)51-37-25-18-26-38-51)56(100-73)46-97-45-49-33-21-16-22-34-49/h16-44,56-67,73-75H,45-48H2,1-15H3/t56-,57-,58-,59-,60+,61+,62-,63-,64+,65+,66-,67-,73+,74+,75+/m1/s1. The molecular formula is C85H97NO24S. The van der Waals surface area contributed by atoms with Crippen molar-refractivity contribution in [2.75, 3.05) is 19.8 Å². The van der Waals surface area contributed by atoms with Gasteiger partial charge in [0.25, 0.3) is 11.8 Å². The van der Waals surface area contributed by atoms with Crippen LogP contribution in [0.15, 0.2) is 181 Å². The third-order valence-corrected chi connectivity index (χ3v) is 19.4. The average Bonchev–Trinajstić information content (AvgIpc) is 1.70. The minimum Gasteiger partial charge on any atom is -0.462 e. The second kappa shape index (κ2) is 35.4. The Balaban J connectivity index is 1.21. The molecule has 0 unspecified atom stereocenters. The summed E-state index contributed by atoms with van der Waals surface area (Å²) in [5, 5.41) is 0. The number of thioether (sulfide) groups is 1. The normalized spacial score (nSPS) is 24.9. The highest BCUT2D eigenvalue weighted by molar-refractivity contribution is 7.99. The Labute approximate surface area is 650 Å². The predicted molar refractivity (Wildman–Crippen MR) is 401 cm³/mol. The molecule has 6 aromatic rings. The largest absolute Gasteiger partial charge is 0.462 e. The zero-order valence-corrected chi connectivity index (χ0v) is 65.7. The van der Waals surface area contributed by atoms with Crippen LogP contribution in [0.25, 0.3) is 0 Å². The van der Waals surface area contributed by atoms with Gasteiger partial charge in [-0.2, -0.15) is 0 Å². The fraction of sp³-hybridized carbons (Fsp3) is 0.459. The second-order valence-electron chi connectivity index (χ2n) is 32.5. The molecule has 0 radical (unpaired) electrons. The SMILES string of the molecule is CC(C)(C)C(=O)OC[C@H]1O[C@@H](Sc2ccccc2)[C@H](OC(=O)C(C)(C)C)[C@@H](OC(=O)C(C)(C)C)[C@@H]1O[C@@H]1O[C@H](COC(=O)c2ccccc2)[C@H](O[C@@H]2O[C@H](COCc3ccccc3)[C@H](OC(=O)c3ccccc3)[C@H](OC(=O)c3ccccc3)[C@H]2N2C(=O)c3ccccc3C2=O)[C@H](OC(=O)C(C)(C)C)[C@H]1OC(=O)C(C)(C)C. The maximum absolute atomic E-state index is 15.6. The van der Waals surface area contributed by atoms with Gasteiger partial charge >= 0.3 is 47.8 Å². The van der Waals surface area contributed by atoms with Crippen LogP contribution >= 0.6 is 11.8 Å². The van der Waals surface area contributed by atoms with E-state index in [1.807, 2.05) is 0 Å². The van der Waals surface area contributed by atoms with Crippen molar-refractivity contribution in [1.29, 1.82) is 0 Å². The number of carbonyl (C=O) groups is 10. The number of ether oxygens (including phenoxy) is 14. The fourth-order valence-corrected chi connectivity index (χ4v) is 13.1. The molecule has 3 fully saturated rings. The summed E-state index contributed by atoms with van der Waals surface area (Å²) in [5.41, 5.74) is -7.32. The van der Waals surface area contributed by atoms with Gasteiger partial charge in [0.1, 0.15) is 55.2 Å². The minimum absolute atomic E-state index is 0.0247. The number of hydrogen-bond donors (Lipinski definition) is 0. The van der Waals surface area contributed by atoms with Crippen LogP contribution in [0, 0.1) is 27.1 Å². The maximum Gasteiger partial charge on any atom is 0.338 e. The topological polar surface area (TPSA) is 303 Å². The van der Waals surface area contributed by atoms with E-state index in [4.69, 9.17) is 66.3 Å². The van der Waals surface area contributed by atoms with Crippen molar-refractivity contribution < 1.29 is 114 Å². The average molecular weight is 1550 g/mol. The molecule has 6 aromatic carbocycles. The van der Waals surface area contributed by atoms with E-state index >= 15 is 24.0 Å². The molecule has 4 aliphatic rings. The molecule has 0 aliphatic carbocycles. The van der Waals surface area contributed by atoms with Crippen molar-refractivity contribution in [3.05, 3.63) is 209 Å². The van der Waals surface area contributed by atoms with E-state index in [-0.39, 0.29) is 34.4 Å².